The summed E-state index contributed by atoms with van der Waals surface area (Å²) >= 11 is 0. The Morgan fingerprint density at radius 1 is 1.44 bits per heavy atom. The first-order valence-electron chi connectivity index (χ1n) is 5.79. The van der Waals surface area contributed by atoms with Gasteiger partial charge in [0.05, 0.1) is 18.3 Å². The second-order valence-corrected chi connectivity index (χ2v) is 7.90. The Morgan fingerprint density at radius 3 is 2.44 bits per heavy atom. The van der Waals surface area contributed by atoms with Crippen LogP contribution in [0.3, 0.4) is 0 Å². The molecule has 1 amide bonds. The fraction of sp³-hybridized carbons (Fsp3) is 0.909. The van der Waals surface area contributed by atoms with Crippen LogP contribution in [0.5, 0.6) is 0 Å². The molecule has 18 heavy (non-hydrogen) atoms. The van der Waals surface area contributed by atoms with E-state index < -0.39 is 33.7 Å². The SMILES string of the molecule is CC(C)(C)OC(=O)N1C[C@@H](F)C[C@H]1CS(C)(=O)=O. The van der Waals surface area contributed by atoms with Crippen molar-refractivity contribution in [1.29, 1.82) is 0 Å². The predicted molar refractivity (Wildman–Crippen MR) is 66.0 cm³/mol. The summed E-state index contributed by atoms with van der Waals surface area (Å²) in [5.74, 6) is -0.230. The minimum atomic E-state index is -3.26. The molecule has 1 rings (SSSR count). The summed E-state index contributed by atoms with van der Waals surface area (Å²) in [5, 5.41) is 0. The molecule has 1 aliphatic rings. The van der Waals surface area contributed by atoms with Gasteiger partial charge in [-0.3, -0.25) is 0 Å². The molecule has 0 saturated carbocycles. The van der Waals surface area contributed by atoms with Crippen molar-refractivity contribution in [2.75, 3.05) is 18.6 Å². The maximum Gasteiger partial charge on any atom is 0.410 e. The third-order valence-electron chi connectivity index (χ3n) is 2.49. The Morgan fingerprint density at radius 2 is 2.00 bits per heavy atom. The van der Waals surface area contributed by atoms with Crippen molar-refractivity contribution in [3.63, 3.8) is 0 Å². The molecule has 1 heterocycles. The van der Waals surface area contributed by atoms with Crippen molar-refractivity contribution in [2.45, 2.75) is 45.0 Å². The molecule has 0 N–H and O–H groups in total. The molecule has 0 spiro atoms. The molecule has 5 nitrogen and oxygen atoms in total. The molecule has 1 fully saturated rings. The van der Waals surface area contributed by atoms with Gasteiger partial charge in [0.15, 0.2) is 0 Å². The maximum atomic E-state index is 13.3. The molecule has 0 radical (unpaired) electrons. The number of hydrogen-bond acceptors (Lipinski definition) is 4. The van der Waals surface area contributed by atoms with Crippen molar-refractivity contribution >= 4 is 15.9 Å². The highest BCUT2D eigenvalue weighted by molar-refractivity contribution is 7.90. The minimum Gasteiger partial charge on any atom is -0.444 e. The second-order valence-electron chi connectivity index (χ2n) is 5.71. The number of halogens is 1. The van der Waals surface area contributed by atoms with E-state index in [0.717, 1.165) is 6.26 Å². The van der Waals surface area contributed by atoms with Gasteiger partial charge >= 0.3 is 6.09 Å². The smallest absolute Gasteiger partial charge is 0.410 e. The number of amides is 1. The summed E-state index contributed by atoms with van der Waals surface area (Å²) in [6.45, 7) is 5.02. The molecule has 1 saturated heterocycles. The van der Waals surface area contributed by atoms with Gasteiger partial charge in [-0.15, -0.1) is 0 Å². The van der Waals surface area contributed by atoms with Gasteiger partial charge in [-0.05, 0) is 20.8 Å². The highest BCUT2D eigenvalue weighted by Crippen LogP contribution is 2.24. The molecule has 1 aliphatic heterocycles. The summed E-state index contributed by atoms with van der Waals surface area (Å²) in [6, 6.07) is -0.634. The Hall–Kier alpha value is -0.850. The number of carbonyl (C=O) groups is 1. The first-order valence-corrected chi connectivity index (χ1v) is 7.85. The summed E-state index contributed by atoms with van der Waals surface area (Å²) in [4.78, 5) is 13.0. The Labute approximate surface area is 107 Å². The molecular formula is C11H20FNO4S. The van der Waals surface area contributed by atoms with Crippen LogP contribution in [0.2, 0.25) is 0 Å². The van der Waals surface area contributed by atoms with Crippen LogP contribution in [0.25, 0.3) is 0 Å². The molecule has 7 heteroatoms. The third kappa shape index (κ3) is 4.80. The number of sulfone groups is 1. The first-order chi connectivity index (χ1) is 7.98. The number of alkyl halides is 1. The molecule has 2 atom stereocenters. The van der Waals surface area contributed by atoms with Crippen LogP contribution >= 0.6 is 0 Å². The predicted octanol–water partition coefficient (Wildman–Crippen LogP) is 1.38. The van der Waals surface area contributed by atoms with E-state index in [1.54, 1.807) is 20.8 Å². The van der Waals surface area contributed by atoms with Gasteiger partial charge < -0.3 is 9.64 Å². The zero-order valence-electron chi connectivity index (χ0n) is 11.1. The van der Waals surface area contributed by atoms with Crippen LogP contribution in [0.4, 0.5) is 9.18 Å². The van der Waals surface area contributed by atoms with Gasteiger partial charge in [0, 0.05) is 12.7 Å². The van der Waals surface area contributed by atoms with Crippen molar-refractivity contribution in [3.05, 3.63) is 0 Å². The van der Waals surface area contributed by atoms with E-state index in [1.807, 2.05) is 0 Å². The van der Waals surface area contributed by atoms with Crippen LogP contribution in [-0.2, 0) is 14.6 Å². The standard InChI is InChI=1S/C11H20FNO4S/c1-11(2,3)17-10(14)13-6-8(12)5-9(13)7-18(4,15)16/h8-9H,5-7H2,1-4H3/t8-,9-/m0/s1. The molecule has 106 valence electrons. The van der Waals surface area contributed by atoms with Crippen molar-refractivity contribution in [1.82, 2.24) is 4.90 Å². The van der Waals surface area contributed by atoms with E-state index in [4.69, 9.17) is 4.74 Å². The topological polar surface area (TPSA) is 63.7 Å². The van der Waals surface area contributed by atoms with E-state index in [1.165, 1.54) is 4.90 Å². The van der Waals surface area contributed by atoms with Gasteiger partial charge in [-0.25, -0.2) is 17.6 Å². The lowest BCUT2D eigenvalue weighted by Gasteiger charge is -2.27. The first kappa shape index (κ1) is 15.2. The largest absolute Gasteiger partial charge is 0.444 e. The molecule has 0 aromatic heterocycles. The lowest BCUT2D eigenvalue weighted by atomic mass is 10.2. The summed E-state index contributed by atoms with van der Waals surface area (Å²) in [5.41, 5.74) is -0.679. The van der Waals surface area contributed by atoms with Crippen molar-refractivity contribution in [3.8, 4) is 0 Å². The molecule has 0 aromatic carbocycles. The number of nitrogens with zero attached hydrogens (tertiary/aromatic N) is 1. The molecular weight excluding hydrogens is 261 g/mol. The van der Waals surface area contributed by atoms with Crippen LogP contribution < -0.4 is 0 Å². The Bertz CT molecular complexity index is 415. The average molecular weight is 281 g/mol. The molecule has 0 aliphatic carbocycles. The van der Waals surface area contributed by atoms with Crippen LogP contribution in [0.15, 0.2) is 0 Å². The van der Waals surface area contributed by atoms with Crippen LogP contribution in [0, 0.1) is 0 Å². The normalized spacial score (nSPS) is 25.3. The number of hydrogen-bond donors (Lipinski definition) is 0. The number of rotatable bonds is 2. The Balaban J connectivity index is 2.76. The zero-order chi connectivity index (χ0) is 14.1. The zero-order valence-corrected chi connectivity index (χ0v) is 12.0. The summed E-state index contributed by atoms with van der Waals surface area (Å²) < 4.78 is 41.0. The highest BCUT2D eigenvalue weighted by Gasteiger charge is 2.39. The molecule has 0 unspecified atom stereocenters. The Kier molecular flexibility index (Phi) is 4.25. The van der Waals surface area contributed by atoms with Crippen molar-refractivity contribution < 1.29 is 22.3 Å². The third-order valence-corrected chi connectivity index (χ3v) is 3.48. The quantitative estimate of drug-likeness (QED) is 0.767. The molecule has 0 bridgehead atoms. The van der Waals surface area contributed by atoms with Crippen LogP contribution in [-0.4, -0.2) is 55.8 Å². The maximum absolute atomic E-state index is 13.3. The monoisotopic (exact) mass is 281 g/mol. The van der Waals surface area contributed by atoms with E-state index in [2.05, 4.69) is 0 Å². The van der Waals surface area contributed by atoms with Gasteiger partial charge in [0.1, 0.15) is 21.6 Å². The van der Waals surface area contributed by atoms with Gasteiger partial charge in [-0.2, -0.15) is 0 Å². The van der Waals surface area contributed by atoms with Gasteiger partial charge in [-0.1, -0.05) is 0 Å². The number of ether oxygens (including phenoxy) is 1. The van der Waals surface area contributed by atoms with E-state index >= 15 is 0 Å². The van der Waals surface area contributed by atoms with E-state index in [9.17, 15) is 17.6 Å². The fourth-order valence-corrected chi connectivity index (χ4v) is 2.93. The lowest BCUT2D eigenvalue weighted by Crippen LogP contribution is -2.42. The second kappa shape index (κ2) is 5.03. The summed E-state index contributed by atoms with van der Waals surface area (Å²) in [6.07, 6.45) is -0.724. The van der Waals surface area contributed by atoms with E-state index in [0.29, 0.717) is 0 Å². The van der Waals surface area contributed by atoms with E-state index in [-0.39, 0.29) is 18.7 Å². The van der Waals surface area contributed by atoms with Crippen molar-refractivity contribution in [2.24, 2.45) is 0 Å². The highest BCUT2D eigenvalue weighted by atomic mass is 32.2. The van der Waals surface area contributed by atoms with Crippen LogP contribution in [0.1, 0.15) is 27.2 Å². The fourth-order valence-electron chi connectivity index (χ4n) is 1.91. The van der Waals surface area contributed by atoms with Gasteiger partial charge in [0.2, 0.25) is 0 Å². The number of likely N-dealkylation sites (tertiary alicyclic amines) is 1. The lowest BCUT2D eigenvalue weighted by molar-refractivity contribution is 0.0233. The molecule has 0 aromatic rings. The number of carbonyl (C=O) groups excluding carboxylic acids is 1. The minimum absolute atomic E-state index is 0.0479. The summed E-state index contributed by atoms with van der Waals surface area (Å²) in [7, 11) is -3.26. The van der Waals surface area contributed by atoms with Gasteiger partial charge in [0.25, 0.3) is 0 Å². The average Bonchev–Trinajstić information content (AvgIpc) is 2.40.